The van der Waals surface area contributed by atoms with Gasteiger partial charge in [0.15, 0.2) is 11.5 Å². The Kier molecular flexibility index (Phi) is 5.00. The summed E-state index contributed by atoms with van der Waals surface area (Å²) in [6.07, 6.45) is 0. The van der Waals surface area contributed by atoms with Gasteiger partial charge < -0.3 is 14.2 Å². The molecular formula is C22H16N2O7. The molecule has 0 aromatic heterocycles. The van der Waals surface area contributed by atoms with Crippen LogP contribution in [0.5, 0.6) is 23.0 Å². The summed E-state index contributed by atoms with van der Waals surface area (Å²) in [5.41, 5.74) is 0.726. The first-order valence-electron chi connectivity index (χ1n) is 9.10. The fourth-order valence-electron chi connectivity index (χ4n) is 3.25. The highest BCUT2D eigenvalue weighted by molar-refractivity contribution is 6.34. The summed E-state index contributed by atoms with van der Waals surface area (Å²) in [4.78, 5) is 37.2. The largest absolute Gasteiger partial charge is 0.493 e. The number of amides is 2. The second kappa shape index (κ2) is 7.79. The lowest BCUT2D eigenvalue weighted by Gasteiger charge is -2.16. The molecule has 2 amide bonds. The molecular weight excluding hydrogens is 404 g/mol. The number of carbonyl (C=O) groups is 2. The Morgan fingerprint density at radius 3 is 2.06 bits per heavy atom. The number of rotatable bonds is 6. The van der Waals surface area contributed by atoms with Gasteiger partial charge in [-0.1, -0.05) is 0 Å². The number of benzene rings is 3. The molecule has 9 heteroatoms. The van der Waals surface area contributed by atoms with Crippen LogP contribution in [0, 0.1) is 10.1 Å². The Bertz CT molecular complexity index is 1200. The summed E-state index contributed by atoms with van der Waals surface area (Å²) >= 11 is 0. The van der Waals surface area contributed by atoms with Gasteiger partial charge in [0.2, 0.25) is 0 Å². The number of nitrogens with zero attached hydrogens (tertiary/aromatic N) is 2. The number of methoxy groups -OCH3 is 2. The zero-order chi connectivity index (χ0) is 22.1. The van der Waals surface area contributed by atoms with E-state index in [9.17, 15) is 19.7 Å². The molecule has 0 unspecified atom stereocenters. The molecule has 4 rings (SSSR count). The van der Waals surface area contributed by atoms with Crippen LogP contribution in [0.2, 0.25) is 0 Å². The summed E-state index contributed by atoms with van der Waals surface area (Å²) in [6, 6.07) is 14.8. The number of imide groups is 1. The molecule has 0 radical (unpaired) electrons. The molecule has 3 aromatic carbocycles. The molecule has 156 valence electrons. The van der Waals surface area contributed by atoms with Crippen molar-refractivity contribution in [1.29, 1.82) is 0 Å². The van der Waals surface area contributed by atoms with E-state index in [1.165, 1.54) is 50.6 Å². The van der Waals surface area contributed by atoms with Crippen molar-refractivity contribution >= 4 is 23.2 Å². The zero-order valence-corrected chi connectivity index (χ0v) is 16.5. The maximum atomic E-state index is 13.0. The summed E-state index contributed by atoms with van der Waals surface area (Å²) < 4.78 is 16.1. The van der Waals surface area contributed by atoms with Crippen LogP contribution in [0.1, 0.15) is 20.7 Å². The van der Waals surface area contributed by atoms with Crippen molar-refractivity contribution in [2.24, 2.45) is 0 Å². The van der Waals surface area contributed by atoms with E-state index in [4.69, 9.17) is 14.2 Å². The van der Waals surface area contributed by atoms with Crippen LogP contribution < -0.4 is 19.1 Å². The Balaban J connectivity index is 1.62. The Hall–Kier alpha value is -4.40. The Morgan fingerprint density at radius 2 is 1.42 bits per heavy atom. The van der Waals surface area contributed by atoms with Gasteiger partial charge >= 0.3 is 0 Å². The van der Waals surface area contributed by atoms with Gasteiger partial charge in [0.25, 0.3) is 17.5 Å². The van der Waals surface area contributed by atoms with Crippen molar-refractivity contribution < 1.29 is 28.7 Å². The van der Waals surface area contributed by atoms with Crippen LogP contribution >= 0.6 is 0 Å². The molecule has 0 N–H and O–H groups in total. The molecule has 0 fully saturated rings. The monoisotopic (exact) mass is 420 g/mol. The molecule has 31 heavy (non-hydrogen) atoms. The summed E-state index contributed by atoms with van der Waals surface area (Å²) in [5.74, 6) is 0.581. The zero-order valence-electron chi connectivity index (χ0n) is 16.5. The van der Waals surface area contributed by atoms with E-state index in [1.54, 1.807) is 24.3 Å². The average molecular weight is 420 g/mol. The topological polar surface area (TPSA) is 108 Å². The smallest absolute Gasteiger partial charge is 0.269 e. The highest BCUT2D eigenvalue weighted by Gasteiger charge is 2.37. The number of hydrogen-bond acceptors (Lipinski definition) is 7. The van der Waals surface area contributed by atoms with Gasteiger partial charge in [-0.3, -0.25) is 19.7 Å². The van der Waals surface area contributed by atoms with E-state index in [1.807, 2.05) is 0 Å². The van der Waals surface area contributed by atoms with Crippen LogP contribution in [-0.2, 0) is 0 Å². The first-order valence-corrected chi connectivity index (χ1v) is 9.10. The molecule has 1 aliphatic heterocycles. The molecule has 9 nitrogen and oxygen atoms in total. The summed E-state index contributed by atoms with van der Waals surface area (Å²) in [7, 11) is 2.96. The fourth-order valence-corrected chi connectivity index (χ4v) is 3.25. The molecule has 3 aromatic rings. The molecule has 0 bridgehead atoms. The number of non-ortho nitro benzene ring substituents is 1. The standard InChI is InChI=1S/C22H16N2O7/c1-29-19-10-5-14(11-20(19)30-2)23-21(25)17-9-8-16(12-18(17)22(23)26)31-15-6-3-13(4-7-15)24(27)28/h3-12H,1-2H3. The van der Waals surface area contributed by atoms with Crippen molar-refractivity contribution in [2.45, 2.75) is 0 Å². The molecule has 0 spiro atoms. The Morgan fingerprint density at radius 1 is 0.774 bits per heavy atom. The number of nitro benzene ring substituents is 1. The van der Waals surface area contributed by atoms with Crippen molar-refractivity contribution in [3.63, 3.8) is 0 Å². The quantitative estimate of drug-likeness (QED) is 0.334. The van der Waals surface area contributed by atoms with E-state index < -0.39 is 16.7 Å². The Labute approximate surface area is 176 Å². The van der Waals surface area contributed by atoms with Gasteiger partial charge in [0, 0.05) is 18.2 Å². The fraction of sp³-hybridized carbons (Fsp3) is 0.0909. The lowest BCUT2D eigenvalue weighted by Crippen LogP contribution is -2.29. The molecule has 0 saturated heterocycles. The van der Waals surface area contributed by atoms with Crippen molar-refractivity contribution in [3.8, 4) is 23.0 Å². The van der Waals surface area contributed by atoms with Gasteiger partial charge in [-0.05, 0) is 42.5 Å². The minimum atomic E-state index is -0.508. The van der Waals surface area contributed by atoms with Crippen molar-refractivity contribution in [1.82, 2.24) is 0 Å². The van der Waals surface area contributed by atoms with Gasteiger partial charge in [0.1, 0.15) is 11.5 Å². The predicted molar refractivity (Wildman–Crippen MR) is 110 cm³/mol. The third-order valence-electron chi connectivity index (χ3n) is 4.77. The van der Waals surface area contributed by atoms with Gasteiger partial charge in [-0.25, -0.2) is 4.90 Å². The number of fused-ring (bicyclic) bond motifs is 1. The van der Waals surface area contributed by atoms with Crippen molar-refractivity contribution in [3.05, 3.63) is 81.9 Å². The third kappa shape index (κ3) is 3.52. The van der Waals surface area contributed by atoms with Gasteiger partial charge in [-0.15, -0.1) is 0 Å². The normalized spacial score (nSPS) is 12.5. The van der Waals surface area contributed by atoms with Crippen LogP contribution in [0.3, 0.4) is 0 Å². The second-order valence-electron chi connectivity index (χ2n) is 6.55. The predicted octanol–water partition coefficient (Wildman–Crippen LogP) is 4.20. The number of hydrogen-bond donors (Lipinski definition) is 0. The highest BCUT2D eigenvalue weighted by atomic mass is 16.6. The third-order valence-corrected chi connectivity index (χ3v) is 4.77. The van der Waals surface area contributed by atoms with Crippen LogP contribution in [0.4, 0.5) is 11.4 Å². The van der Waals surface area contributed by atoms with E-state index >= 15 is 0 Å². The number of anilines is 1. The molecule has 1 heterocycles. The molecule has 0 aliphatic carbocycles. The maximum absolute atomic E-state index is 13.0. The van der Waals surface area contributed by atoms with Gasteiger partial charge in [-0.2, -0.15) is 0 Å². The number of ether oxygens (including phenoxy) is 3. The molecule has 0 saturated carbocycles. The first-order chi connectivity index (χ1) is 14.9. The van der Waals surface area contributed by atoms with Crippen LogP contribution in [0.15, 0.2) is 60.7 Å². The van der Waals surface area contributed by atoms with E-state index in [-0.39, 0.29) is 16.8 Å². The van der Waals surface area contributed by atoms with Crippen molar-refractivity contribution in [2.75, 3.05) is 19.1 Å². The van der Waals surface area contributed by atoms with E-state index in [0.717, 1.165) is 4.90 Å². The average Bonchev–Trinajstić information content (AvgIpc) is 3.03. The van der Waals surface area contributed by atoms with Crippen LogP contribution in [-0.4, -0.2) is 31.0 Å². The SMILES string of the molecule is COc1ccc(N2C(=O)c3ccc(Oc4ccc([N+](=O)[O-])cc4)cc3C2=O)cc1OC. The minimum Gasteiger partial charge on any atom is -0.493 e. The first kappa shape index (κ1) is 19.9. The minimum absolute atomic E-state index is 0.0624. The molecule has 1 aliphatic rings. The van der Waals surface area contributed by atoms with Crippen LogP contribution in [0.25, 0.3) is 0 Å². The lowest BCUT2D eigenvalue weighted by atomic mass is 10.1. The number of carbonyl (C=O) groups excluding carboxylic acids is 2. The lowest BCUT2D eigenvalue weighted by molar-refractivity contribution is -0.384. The maximum Gasteiger partial charge on any atom is 0.269 e. The van der Waals surface area contributed by atoms with E-state index in [2.05, 4.69) is 0 Å². The van der Waals surface area contributed by atoms with Gasteiger partial charge in [0.05, 0.1) is 36.0 Å². The number of nitro groups is 1. The summed E-state index contributed by atoms with van der Waals surface area (Å²) in [5, 5.41) is 10.8. The van der Waals surface area contributed by atoms with E-state index in [0.29, 0.717) is 28.7 Å². The highest BCUT2D eigenvalue weighted by Crippen LogP contribution is 2.36. The second-order valence-corrected chi connectivity index (χ2v) is 6.55. The molecule has 0 atom stereocenters. The summed E-state index contributed by atoms with van der Waals surface area (Å²) in [6.45, 7) is 0.